The number of hydrogen-bond acceptors (Lipinski definition) is 4. The lowest BCUT2D eigenvalue weighted by molar-refractivity contribution is 0.0690. The highest BCUT2D eigenvalue weighted by Crippen LogP contribution is 2.12. The monoisotopic (exact) mass is 268 g/mol. The maximum atomic E-state index is 10.9. The SMILES string of the molecule is O=C(O)c1cc2nccc(NCc3ccccc3)n2n1. The van der Waals surface area contributed by atoms with Gasteiger partial charge >= 0.3 is 5.97 Å². The first-order valence-corrected chi connectivity index (χ1v) is 6.10. The quantitative estimate of drug-likeness (QED) is 0.757. The van der Waals surface area contributed by atoms with E-state index in [1.54, 1.807) is 12.3 Å². The van der Waals surface area contributed by atoms with E-state index in [0.717, 1.165) is 5.56 Å². The molecule has 0 fully saturated rings. The summed E-state index contributed by atoms with van der Waals surface area (Å²) in [6, 6.07) is 13.1. The molecule has 1 aromatic carbocycles. The fraction of sp³-hybridized carbons (Fsp3) is 0.0714. The lowest BCUT2D eigenvalue weighted by Crippen LogP contribution is -2.06. The number of fused-ring (bicyclic) bond motifs is 1. The Bertz CT molecular complexity index is 752. The van der Waals surface area contributed by atoms with Crippen LogP contribution in [0.1, 0.15) is 16.1 Å². The predicted molar refractivity (Wildman–Crippen MR) is 73.7 cm³/mol. The maximum absolute atomic E-state index is 10.9. The summed E-state index contributed by atoms with van der Waals surface area (Å²) in [5, 5.41) is 16.2. The number of nitrogens with zero attached hydrogens (tertiary/aromatic N) is 3. The summed E-state index contributed by atoms with van der Waals surface area (Å²) in [6.45, 7) is 0.627. The Morgan fingerprint density at radius 1 is 1.25 bits per heavy atom. The van der Waals surface area contributed by atoms with Crippen molar-refractivity contribution < 1.29 is 9.90 Å². The van der Waals surface area contributed by atoms with Crippen molar-refractivity contribution >= 4 is 17.4 Å². The molecule has 6 nitrogen and oxygen atoms in total. The molecule has 0 unspecified atom stereocenters. The molecule has 0 aliphatic rings. The number of anilines is 1. The van der Waals surface area contributed by atoms with Gasteiger partial charge < -0.3 is 10.4 Å². The summed E-state index contributed by atoms with van der Waals surface area (Å²) in [5.41, 5.74) is 1.61. The van der Waals surface area contributed by atoms with Crippen LogP contribution in [0.15, 0.2) is 48.7 Å². The standard InChI is InChI=1S/C14H12N4O2/c19-14(20)11-8-13-15-7-6-12(18(13)17-11)16-9-10-4-2-1-3-5-10/h1-8,16H,9H2,(H,19,20). The molecule has 3 aromatic rings. The first kappa shape index (κ1) is 12.2. The number of carbonyl (C=O) groups is 1. The molecule has 20 heavy (non-hydrogen) atoms. The van der Waals surface area contributed by atoms with Crippen molar-refractivity contribution in [2.75, 3.05) is 5.32 Å². The van der Waals surface area contributed by atoms with Gasteiger partial charge in [0.05, 0.1) is 0 Å². The van der Waals surface area contributed by atoms with Crippen LogP contribution in [0.3, 0.4) is 0 Å². The third-order valence-electron chi connectivity index (χ3n) is 2.89. The van der Waals surface area contributed by atoms with Gasteiger partial charge in [-0.3, -0.25) is 0 Å². The average Bonchev–Trinajstić information content (AvgIpc) is 2.91. The minimum atomic E-state index is -1.07. The third-order valence-corrected chi connectivity index (χ3v) is 2.89. The molecule has 3 rings (SSSR count). The maximum Gasteiger partial charge on any atom is 0.356 e. The van der Waals surface area contributed by atoms with Crippen LogP contribution in [-0.4, -0.2) is 25.7 Å². The molecule has 2 N–H and O–H groups in total. The molecule has 2 aromatic heterocycles. The molecule has 2 heterocycles. The third kappa shape index (κ3) is 2.31. The summed E-state index contributed by atoms with van der Waals surface area (Å²) < 4.78 is 1.49. The largest absolute Gasteiger partial charge is 0.476 e. The lowest BCUT2D eigenvalue weighted by atomic mass is 10.2. The van der Waals surface area contributed by atoms with E-state index in [9.17, 15) is 4.79 Å². The minimum absolute atomic E-state index is 0.0218. The molecule has 0 amide bonds. The molecule has 6 heteroatoms. The Hall–Kier alpha value is -2.89. The van der Waals surface area contributed by atoms with E-state index < -0.39 is 5.97 Å². The Morgan fingerprint density at radius 2 is 2.05 bits per heavy atom. The van der Waals surface area contributed by atoms with Gasteiger partial charge in [0.2, 0.25) is 0 Å². The van der Waals surface area contributed by atoms with E-state index in [0.29, 0.717) is 18.0 Å². The van der Waals surface area contributed by atoms with Crippen molar-refractivity contribution in [3.8, 4) is 0 Å². The fourth-order valence-electron chi connectivity index (χ4n) is 1.92. The van der Waals surface area contributed by atoms with Crippen LogP contribution in [0.4, 0.5) is 5.82 Å². The van der Waals surface area contributed by atoms with Gasteiger partial charge in [0.25, 0.3) is 0 Å². The van der Waals surface area contributed by atoms with Crippen LogP contribution in [-0.2, 0) is 6.54 Å². The Morgan fingerprint density at radius 3 is 2.80 bits per heavy atom. The van der Waals surface area contributed by atoms with Crippen LogP contribution in [0.25, 0.3) is 5.65 Å². The van der Waals surface area contributed by atoms with Crippen molar-refractivity contribution in [2.24, 2.45) is 0 Å². The van der Waals surface area contributed by atoms with E-state index in [4.69, 9.17) is 5.11 Å². The molecule has 0 aliphatic carbocycles. The molecule has 0 saturated heterocycles. The average molecular weight is 268 g/mol. The van der Waals surface area contributed by atoms with Gasteiger partial charge in [-0.05, 0) is 11.6 Å². The van der Waals surface area contributed by atoms with E-state index in [-0.39, 0.29) is 5.69 Å². The predicted octanol–water partition coefficient (Wildman–Crippen LogP) is 2.04. The highest BCUT2D eigenvalue weighted by atomic mass is 16.4. The summed E-state index contributed by atoms with van der Waals surface area (Å²) in [6.07, 6.45) is 1.62. The van der Waals surface area contributed by atoms with Crippen LogP contribution in [0, 0.1) is 0 Å². The summed E-state index contributed by atoms with van der Waals surface area (Å²) in [7, 11) is 0. The first-order valence-electron chi connectivity index (χ1n) is 6.10. The van der Waals surface area contributed by atoms with E-state index >= 15 is 0 Å². The lowest BCUT2D eigenvalue weighted by Gasteiger charge is -2.07. The Labute approximate surface area is 114 Å². The van der Waals surface area contributed by atoms with Gasteiger partial charge in [-0.2, -0.15) is 9.61 Å². The van der Waals surface area contributed by atoms with Crippen LogP contribution in [0.5, 0.6) is 0 Å². The van der Waals surface area contributed by atoms with Crippen molar-refractivity contribution in [3.05, 3.63) is 59.9 Å². The highest BCUT2D eigenvalue weighted by Gasteiger charge is 2.11. The van der Waals surface area contributed by atoms with E-state index in [2.05, 4.69) is 15.4 Å². The number of rotatable bonds is 4. The van der Waals surface area contributed by atoms with Gasteiger partial charge in [0, 0.05) is 18.8 Å². The zero-order valence-electron chi connectivity index (χ0n) is 10.5. The second-order valence-electron chi connectivity index (χ2n) is 4.27. The molecule has 0 saturated carbocycles. The summed E-state index contributed by atoms with van der Waals surface area (Å²) in [5.74, 6) is -0.365. The molecular formula is C14H12N4O2. The van der Waals surface area contributed by atoms with Gasteiger partial charge in [0.15, 0.2) is 11.3 Å². The molecule has 100 valence electrons. The van der Waals surface area contributed by atoms with Gasteiger partial charge in [-0.15, -0.1) is 0 Å². The van der Waals surface area contributed by atoms with Gasteiger partial charge in [0.1, 0.15) is 5.82 Å². The normalized spacial score (nSPS) is 10.6. The van der Waals surface area contributed by atoms with E-state index in [1.807, 2.05) is 30.3 Å². The van der Waals surface area contributed by atoms with Crippen molar-refractivity contribution in [1.82, 2.24) is 14.6 Å². The second kappa shape index (κ2) is 5.00. The molecular weight excluding hydrogens is 256 g/mol. The fourth-order valence-corrected chi connectivity index (χ4v) is 1.92. The number of carboxylic acids is 1. The number of aromatic carboxylic acids is 1. The number of nitrogens with one attached hydrogen (secondary N) is 1. The van der Waals surface area contributed by atoms with Crippen LogP contribution < -0.4 is 5.32 Å². The topological polar surface area (TPSA) is 79.5 Å². The molecule has 0 radical (unpaired) electrons. The zero-order valence-corrected chi connectivity index (χ0v) is 10.5. The van der Waals surface area contributed by atoms with Crippen LogP contribution in [0.2, 0.25) is 0 Å². The van der Waals surface area contributed by atoms with E-state index in [1.165, 1.54) is 10.6 Å². The Balaban J connectivity index is 1.89. The second-order valence-corrected chi connectivity index (χ2v) is 4.27. The zero-order chi connectivity index (χ0) is 13.9. The molecule has 0 bridgehead atoms. The molecule has 0 aliphatic heterocycles. The van der Waals surface area contributed by atoms with Gasteiger partial charge in [-0.25, -0.2) is 9.78 Å². The molecule has 0 spiro atoms. The van der Waals surface area contributed by atoms with Crippen molar-refractivity contribution in [3.63, 3.8) is 0 Å². The number of benzene rings is 1. The van der Waals surface area contributed by atoms with Gasteiger partial charge in [-0.1, -0.05) is 30.3 Å². The number of aromatic nitrogens is 3. The summed E-state index contributed by atoms with van der Waals surface area (Å²) >= 11 is 0. The number of hydrogen-bond donors (Lipinski definition) is 2. The number of carboxylic acid groups (broad SMARTS) is 1. The van der Waals surface area contributed by atoms with Crippen LogP contribution >= 0.6 is 0 Å². The first-order chi connectivity index (χ1) is 9.74. The smallest absolute Gasteiger partial charge is 0.356 e. The Kier molecular flexibility index (Phi) is 3.04. The van der Waals surface area contributed by atoms with Crippen molar-refractivity contribution in [1.29, 1.82) is 0 Å². The molecule has 0 atom stereocenters. The minimum Gasteiger partial charge on any atom is -0.476 e. The highest BCUT2D eigenvalue weighted by molar-refractivity contribution is 5.86. The van der Waals surface area contributed by atoms with Crippen molar-refractivity contribution in [2.45, 2.75) is 6.54 Å². The summed E-state index contributed by atoms with van der Waals surface area (Å²) in [4.78, 5) is 15.0.